The molecule has 1 N–H and O–H groups in total. The smallest absolute Gasteiger partial charge is 0.222 e. The van der Waals surface area contributed by atoms with Gasteiger partial charge in [-0.25, -0.2) is 0 Å². The van der Waals surface area contributed by atoms with Crippen molar-refractivity contribution in [2.45, 2.75) is 32.6 Å². The van der Waals surface area contributed by atoms with Gasteiger partial charge in [-0.3, -0.25) is 4.79 Å². The first kappa shape index (κ1) is 11.6. The minimum Gasteiger partial charge on any atom is -0.339 e. The van der Waals surface area contributed by atoms with Crippen LogP contribution in [0.25, 0.3) is 0 Å². The van der Waals surface area contributed by atoms with Crippen molar-refractivity contribution >= 4 is 5.91 Å². The zero-order valence-electron chi connectivity index (χ0n) is 10.2. The van der Waals surface area contributed by atoms with Crippen LogP contribution in [0.3, 0.4) is 0 Å². The molecule has 0 saturated carbocycles. The first-order valence-corrected chi connectivity index (χ1v) is 6.40. The molecule has 0 aromatic carbocycles. The minimum atomic E-state index is 0.343. The number of carbonyl (C=O) groups excluding carboxylic acids is 1. The van der Waals surface area contributed by atoms with E-state index in [9.17, 15) is 4.79 Å². The number of carbonyl (C=O) groups is 1. The predicted octanol–water partition coefficient (Wildman–Crippen LogP) is 1.55. The van der Waals surface area contributed by atoms with Gasteiger partial charge in [0.15, 0.2) is 0 Å². The Balaban J connectivity index is 1.71. The molecule has 0 aromatic rings. The maximum Gasteiger partial charge on any atom is 0.222 e. The summed E-state index contributed by atoms with van der Waals surface area (Å²) < 4.78 is 0. The molecule has 3 heteroatoms. The Morgan fingerprint density at radius 2 is 2.50 bits per heavy atom. The van der Waals surface area contributed by atoms with Crippen LogP contribution in [0.4, 0.5) is 0 Å². The molecule has 1 unspecified atom stereocenters. The molecule has 1 amide bonds. The molecule has 0 aromatic heterocycles. The molecular weight excluding hydrogens is 200 g/mol. The van der Waals surface area contributed by atoms with Crippen LogP contribution in [0.5, 0.6) is 0 Å². The van der Waals surface area contributed by atoms with E-state index in [1.54, 1.807) is 0 Å². The fourth-order valence-electron chi connectivity index (χ4n) is 2.44. The zero-order chi connectivity index (χ0) is 11.4. The van der Waals surface area contributed by atoms with Gasteiger partial charge in [0.25, 0.3) is 0 Å². The van der Waals surface area contributed by atoms with E-state index in [-0.39, 0.29) is 0 Å². The van der Waals surface area contributed by atoms with E-state index in [0.29, 0.717) is 5.91 Å². The predicted molar refractivity (Wildman–Crippen MR) is 65.2 cm³/mol. The van der Waals surface area contributed by atoms with Crippen LogP contribution < -0.4 is 5.32 Å². The highest BCUT2D eigenvalue weighted by molar-refractivity contribution is 5.76. The minimum absolute atomic E-state index is 0.343. The number of rotatable bonds is 3. The lowest BCUT2D eigenvalue weighted by molar-refractivity contribution is -0.131. The molecule has 0 bridgehead atoms. The monoisotopic (exact) mass is 222 g/mol. The van der Waals surface area contributed by atoms with Gasteiger partial charge in [-0.2, -0.15) is 0 Å². The van der Waals surface area contributed by atoms with Crippen molar-refractivity contribution in [3.8, 4) is 0 Å². The Hall–Kier alpha value is -0.830. The maximum absolute atomic E-state index is 11.9. The summed E-state index contributed by atoms with van der Waals surface area (Å²) in [5.41, 5.74) is 1.42. The Morgan fingerprint density at radius 3 is 3.12 bits per heavy atom. The van der Waals surface area contributed by atoms with E-state index in [0.717, 1.165) is 51.4 Å². The second-order valence-corrected chi connectivity index (χ2v) is 5.04. The van der Waals surface area contributed by atoms with E-state index in [2.05, 4.69) is 18.3 Å². The molecule has 0 aliphatic carbocycles. The summed E-state index contributed by atoms with van der Waals surface area (Å²) in [5, 5.41) is 3.35. The van der Waals surface area contributed by atoms with E-state index in [1.165, 1.54) is 12.0 Å². The lowest BCUT2D eigenvalue weighted by atomic mass is 10.0. The van der Waals surface area contributed by atoms with E-state index in [1.807, 2.05) is 4.90 Å². The molecule has 3 nitrogen and oxygen atoms in total. The summed E-state index contributed by atoms with van der Waals surface area (Å²) >= 11 is 0. The SMILES string of the molecule is CC1=CCN(C(=O)CCC2CCNC2)CC1. The summed E-state index contributed by atoms with van der Waals surface area (Å²) in [7, 11) is 0. The van der Waals surface area contributed by atoms with Gasteiger partial charge >= 0.3 is 0 Å². The van der Waals surface area contributed by atoms with Crippen molar-refractivity contribution in [1.29, 1.82) is 0 Å². The second-order valence-electron chi connectivity index (χ2n) is 5.04. The standard InChI is InChI=1S/C13H22N2O/c1-11-5-8-15(9-6-11)13(16)3-2-12-4-7-14-10-12/h5,12,14H,2-4,6-10H2,1H3. The molecule has 2 rings (SSSR count). The molecule has 2 heterocycles. The van der Waals surface area contributed by atoms with E-state index >= 15 is 0 Å². The van der Waals surface area contributed by atoms with Gasteiger partial charge in [-0.05, 0) is 45.2 Å². The van der Waals surface area contributed by atoms with Gasteiger partial charge in [0.2, 0.25) is 5.91 Å². The fraction of sp³-hybridized carbons (Fsp3) is 0.769. The second kappa shape index (κ2) is 5.48. The van der Waals surface area contributed by atoms with Crippen LogP contribution >= 0.6 is 0 Å². The van der Waals surface area contributed by atoms with Crippen LogP contribution in [0.1, 0.15) is 32.6 Å². The molecule has 2 aliphatic heterocycles. The average Bonchev–Trinajstić information content (AvgIpc) is 2.80. The number of hydrogen-bond acceptors (Lipinski definition) is 2. The molecule has 1 atom stereocenters. The third-order valence-corrected chi connectivity index (χ3v) is 3.72. The summed E-state index contributed by atoms with van der Waals surface area (Å²) in [6.07, 6.45) is 6.27. The first-order valence-electron chi connectivity index (χ1n) is 6.40. The van der Waals surface area contributed by atoms with Crippen molar-refractivity contribution in [1.82, 2.24) is 10.2 Å². The van der Waals surface area contributed by atoms with Crippen LogP contribution in [0.2, 0.25) is 0 Å². The number of nitrogens with zero attached hydrogens (tertiary/aromatic N) is 1. The topological polar surface area (TPSA) is 32.3 Å². The highest BCUT2D eigenvalue weighted by Gasteiger charge is 2.19. The summed E-state index contributed by atoms with van der Waals surface area (Å²) in [4.78, 5) is 13.9. The lowest BCUT2D eigenvalue weighted by Gasteiger charge is -2.26. The Labute approximate surface area is 97.9 Å². The van der Waals surface area contributed by atoms with Crippen LogP contribution in [0.15, 0.2) is 11.6 Å². The van der Waals surface area contributed by atoms with E-state index < -0.39 is 0 Å². The highest BCUT2D eigenvalue weighted by Crippen LogP contribution is 2.17. The third-order valence-electron chi connectivity index (χ3n) is 3.72. The molecule has 2 aliphatic rings. The zero-order valence-corrected chi connectivity index (χ0v) is 10.2. The van der Waals surface area contributed by atoms with Crippen molar-refractivity contribution in [3.63, 3.8) is 0 Å². The quantitative estimate of drug-likeness (QED) is 0.735. The van der Waals surface area contributed by atoms with Crippen molar-refractivity contribution in [2.75, 3.05) is 26.2 Å². The summed E-state index contributed by atoms with van der Waals surface area (Å²) in [6, 6.07) is 0. The summed E-state index contributed by atoms with van der Waals surface area (Å²) in [5.74, 6) is 1.07. The number of nitrogens with one attached hydrogen (secondary N) is 1. The van der Waals surface area contributed by atoms with Crippen molar-refractivity contribution < 1.29 is 4.79 Å². The molecule has 0 spiro atoms. The van der Waals surface area contributed by atoms with Gasteiger partial charge in [0.1, 0.15) is 0 Å². The molecule has 90 valence electrons. The van der Waals surface area contributed by atoms with Crippen LogP contribution in [-0.4, -0.2) is 37.0 Å². The Bertz CT molecular complexity index is 280. The Kier molecular flexibility index (Phi) is 3.99. The Morgan fingerprint density at radius 1 is 1.62 bits per heavy atom. The molecule has 1 saturated heterocycles. The van der Waals surface area contributed by atoms with Crippen LogP contribution in [0, 0.1) is 5.92 Å². The largest absolute Gasteiger partial charge is 0.339 e. The highest BCUT2D eigenvalue weighted by atomic mass is 16.2. The van der Waals surface area contributed by atoms with Gasteiger partial charge in [-0.15, -0.1) is 0 Å². The third kappa shape index (κ3) is 3.08. The van der Waals surface area contributed by atoms with Gasteiger partial charge in [-0.1, -0.05) is 11.6 Å². The molecule has 1 fully saturated rings. The van der Waals surface area contributed by atoms with Gasteiger partial charge in [0.05, 0.1) is 0 Å². The fourth-order valence-corrected chi connectivity index (χ4v) is 2.44. The normalized spacial score (nSPS) is 25.7. The first-order chi connectivity index (χ1) is 7.75. The average molecular weight is 222 g/mol. The number of amides is 1. The van der Waals surface area contributed by atoms with Crippen LogP contribution in [-0.2, 0) is 4.79 Å². The molecular formula is C13H22N2O. The number of hydrogen-bond donors (Lipinski definition) is 1. The van der Waals surface area contributed by atoms with E-state index in [4.69, 9.17) is 0 Å². The van der Waals surface area contributed by atoms with Crippen molar-refractivity contribution in [3.05, 3.63) is 11.6 Å². The maximum atomic E-state index is 11.9. The van der Waals surface area contributed by atoms with Crippen molar-refractivity contribution in [2.24, 2.45) is 5.92 Å². The summed E-state index contributed by atoms with van der Waals surface area (Å²) in [6.45, 7) is 6.13. The molecule has 16 heavy (non-hydrogen) atoms. The van der Waals surface area contributed by atoms with Gasteiger partial charge in [0, 0.05) is 19.5 Å². The molecule has 0 radical (unpaired) electrons. The lowest BCUT2D eigenvalue weighted by Crippen LogP contribution is -2.34. The van der Waals surface area contributed by atoms with Gasteiger partial charge < -0.3 is 10.2 Å².